The van der Waals surface area contributed by atoms with Crippen molar-refractivity contribution >= 4 is 23.7 Å². The molecule has 0 N–H and O–H groups in total. The van der Waals surface area contributed by atoms with Crippen molar-refractivity contribution in [3.63, 3.8) is 0 Å². The van der Waals surface area contributed by atoms with E-state index < -0.39 is 12.2 Å². The highest BCUT2D eigenvalue weighted by molar-refractivity contribution is 7.99. The summed E-state index contributed by atoms with van der Waals surface area (Å²) in [6, 6.07) is 19.0. The fraction of sp³-hybridized carbons (Fsp3) is 0.250. The summed E-state index contributed by atoms with van der Waals surface area (Å²) in [4.78, 5) is 24.1. The van der Waals surface area contributed by atoms with Crippen LogP contribution in [0.15, 0.2) is 86.0 Å². The van der Waals surface area contributed by atoms with Crippen LogP contribution in [0.2, 0.25) is 0 Å². The molecule has 0 aromatic heterocycles. The van der Waals surface area contributed by atoms with Crippen LogP contribution in [0.25, 0.3) is 0 Å². The minimum atomic E-state index is -0.447. The van der Waals surface area contributed by atoms with Gasteiger partial charge in [0.05, 0.1) is 12.8 Å². The molecule has 29 heavy (non-hydrogen) atoms. The first kappa shape index (κ1) is 22.5. The second kappa shape index (κ2) is 12.6. The molecule has 4 nitrogen and oxygen atoms in total. The predicted molar refractivity (Wildman–Crippen MR) is 118 cm³/mol. The van der Waals surface area contributed by atoms with Crippen LogP contribution in [-0.2, 0) is 19.1 Å². The van der Waals surface area contributed by atoms with Crippen molar-refractivity contribution < 1.29 is 19.1 Å². The van der Waals surface area contributed by atoms with E-state index in [9.17, 15) is 9.59 Å². The lowest BCUT2D eigenvalue weighted by atomic mass is 10.1. The summed E-state index contributed by atoms with van der Waals surface area (Å²) >= 11 is 1.52. The van der Waals surface area contributed by atoms with Crippen molar-refractivity contribution in [1.29, 1.82) is 0 Å². The van der Waals surface area contributed by atoms with Crippen molar-refractivity contribution in [2.45, 2.75) is 25.0 Å². The Morgan fingerprint density at radius 1 is 0.759 bits per heavy atom. The topological polar surface area (TPSA) is 52.6 Å². The summed E-state index contributed by atoms with van der Waals surface area (Å²) in [7, 11) is 0. The Hall–Kier alpha value is -2.79. The van der Waals surface area contributed by atoms with Gasteiger partial charge in [0, 0.05) is 11.5 Å². The Morgan fingerprint density at radius 3 is 1.48 bits per heavy atom. The Kier molecular flexibility index (Phi) is 9.80. The SMILES string of the molecule is C=CC(OC(=O)CCSCCC(=O)OC(C=C)c1ccccc1)c1ccccc1. The molecule has 0 spiro atoms. The molecule has 0 saturated carbocycles. The number of esters is 2. The van der Waals surface area contributed by atoms with Crippen molar-refractivity contribution in [3.8, 4) is 0 Å². The van der Waals surface area contributed by atoms with Gasteiger partial charge in [0.2, 0.25) is 0 Å². The van der Waals surface area contributed by atoms with Gasteiger partial charge in [0.1, 0.15) is 12.2 Å². The summed E-state index contributed by atoms with van der Waals surface area (Å²) in [5.74, 6) is 0.581. The molecule has 0 fully saturated rings. The number of carbonyl (C=O) groups excluding carboxylic acids is 2. The monoisotopic (exact) mass is 410 g/mol. The summed E-state index contributed by atoms with van der Waals surface area (Å²) in [5.41, 5.74) is 1.78. The third-order valence-corrected chi connectivity index (χ3v) is 5.09. The quantitative estimate of drug-likeness (QED) is 0.265. The Labute approximate surface area is 176 Å². The molecule has 2 aromatic carbocycles. The van der Waals surface area contributed by atoms with Crippen LogP contribution in [0.1, 0.15) is 36.2 Å². The zero-order valence-corrected chi connectivity index (χ0v) is 17.2. The molecule has 2 unspecified atom stereocenters. The van der Waals surface area contributed by atoms with Gasteiger partial charge in [-0.3, -0.25) is 9.59 Å². The lowest BCUT2D eigenvalue weighted by Gasteiger charge is -2.15. The van der Waals surface area contributed by atoms with Crippen LogP contribution in [0, 0.1) is 0 Å². The first-order valence-electron chi connectivity index (χ1n) is 9.45. The number of hydrogen-bond acceptors (Lipinski definition) is 5. The van der Waals surface area contributed by atoms with Gasteiger partial charge in [-0.2, -0.15) is 11.8 Å². The van der Waals surface area contributed by atoms with Gasteiger partial charge in [-0.1, -0.05) is 73.8 Å². The fourth-order valence-electron chi connectivity index (χ4n) is 2.60. The highest BCUT2D eigenvalue weighted by Crippen LogP contribution is 2.20. The first-order valence-corrected chi connectivity index (χ1v) is 10.6. The molecule has 0 radical (unpaired) electrons. The van der Waals surface area contributed by atoms with Crippen LogP contribution in [0.5, 0.6) is 0 Å². The maximum absolute atomic E-state index is 12.0. The molecule has 2 rings (SSSR count). The lowest BCUT2D eigenvalue weighted by Crippen LogP contribution is -2.11. The third kappa shape index (κ3) is 8.00. The zero-order valence-electron chi connectivity index (χ0n) is 16.4. The number of rotatable bonds is 12. The maximum atomic E-state index is 12.0. The van der Waals surface area contributed by atoms with Crippen LogP contribution in [0.4, 0.5) is 0 Å². The second-order valence-electron chi connectivity index (χ2n) is 6.23. The van der Waals surface area contributed by atoms with E-state index in [1.54, 1.807) is 12.2 Å². The van der Waals surface area contributed by atoms with Crippen LogP contribution in [-0.4, -0.2) is 23.4 Å². The number of hydrogen-bond donors (Lipinski definition) is 0. The largest absolute Gasteiger partial charge is 0.453 e. The molecule has 152 valence electrons. The van der Waals surface area contributed by atoms with E-state index in [1.165, 1.54) is 11.8 Å². The number of thioether (sulfide) groups is 1. The van der Waals surface area contributed by atoms with Gasteiger partial charge in [-0.25, -0.2) is 0 Å². The number of carbonyl (C=O) groups is 2. The van der Waals surface area contributed by atoms with Gasteiger partial charge < -0.3 is 9.47 Å². The fourth-order valence-corrected chi connectivity index (χ4v) is 3.43. The molecule has 0 aliphatic rings. The predicted octanol–water partition coefficient (Wildman–Crippen LogP) is 5.44. The van der Waals surface area contributed by atoms with E-state index in [1.807, 2.05) is 60.7 Å². The smallest absolute Gasteiger partial charge is 0.307 e. The highest BCUT2D eigenvalue weighted by Gasteiger charge is 2.14. The van der Waals surface area contributed by atoms with Gasteiger partial charge in [0.25, 0.3) is 0 Å². The molecule has 0 saturated heterocycles. The van der Waals surface area contributed by atoms with Crippen molar-refractivity contribution in [2.24, 2.45) is 0 Å². The van der Waals surface area contributed by atoms with Crippen molar-refractivity contribution in [3.05, 3.63) is 97.1 Å². The van der Waals surface area contributed by atoms with E-state index in [-0.39, 0.29) is 24.8 Å². The molecular formula is C24H26O4S. The van der Waals surface area contributed by atoms with Crippen LogP contribution >= 0.6 is 11.8 Å². The van der Waals surface area contributed by atoms with E-state index in [4.69, 9.17) is 9.47 Å². The molecular weight excluding hydrogens is 384 g/mol. The van der Waals surface area contributed by atoms with Gasteiger partial charge in [-0.05, 0) is 23.3 Å². The number of ether oxygens (including phenoxy) is 2. The van der Waals surface area contributed by atoms with E-state index in [2.05, 4.69) is 13.2 Å². The second-order valence-corrected chi connectivity index (χ2v) is 7.45. The molecule has 0 aliphatic carbocycles. The molecule has 0 aliphatic heterocycles. The molecule has 0 bridgehead atoms. The maximum Gasteiger partial charge on any atom is 0.307 e. The normalized spacial score (nSPS) is 12.4. The van der Waals surface area contributed by atoms with E-state index in [0.717, 1.165) is 11.1 Å². The average molecular weight is 411 g/mol. The summed E-state index contributed by atoms with van der Waals surface area (Å²) in [6.07, 6.45) is 2.87. The van der Waals surface area contributed by atoms with Crippen LogP contribution < -0.4 is 0 Å². The van der Waals surface area contributed by atoms with Crippen molar-refractivity contribution in [1.82, 2.24) is 0 Å². The Bertz CT molecular complexity index is 722. The summed E-state index contributed by atoms with van der Waals surface area (Å²) in [5, 5.41) is 0. The minimum Gasteiger partial charge on any atom is -0.453 e. The lowest BCUT2D eigenvalue weighted by molar-refractivity contribution is -0.147. The van der Waals surface area contributed by atoms with E-state index >= 15 is 0 Å². The van der Waals surface area contributed by atoms with Gasteiger partial charge >= 0.3 is 11.9 Å². The highest BCUT2D eigenvalue weighted by atomic mass is 32.2. The van der Waals surface area contributed by atoms with Gasteiger partial charge in [0.15, 0.2) is 0 Å². The molecule has 0 heterocycles. The standard InChI is InChI=1S/C24H26O4S/c1-3-21(19-11-7-5-8-12-19)27-23(25)15-17-29-18-16-24(26)28-22(4-2)20-13-9-6-10-14-20/h3-14,21-22H,1-2,15-18H2. The molecule has 0 amide bonds. The summed E-state index contributed by atoms with van der Waals surface area (Å²) < 4.78 is 10.9. The molecule has 5 heteroatoms. The first-order chi connectivity index (χ1) is 14.1. The van der Waals surface area contributed by atoms with Crippen molar-refractivity contribution in [2.75, 3.05) is 11.5 Å². The average Bonchev–Trinajstić information content (AvgIpc) is 2.76. The Morgan fingerprint density at radius 2 is 1.14 bits per heavy atom. The van der Waals surface area contributed by atoms with Crippen LogP contribution in [0.3, 0.4) is 0 Å². The van der Waals surface area contributed by atoms with E-state index in [0.29, 0.717) is 11.5 Å². The molecule has 2 aromatic rings. The molecule has 2 atom stereocenters. The van der Waals surface area contributed by atoms with Gasteiger partial charge in [-0.15, -0.1) is 0 Å². The number of benzene rings is 2. The third-order valence-electron chi connectivity index (χ3n) is 4.10. The minimum absolute atomic E-state index is 0.274. The summed E-state index contributed by atoms with van der Waals surface area (Å²) in [6.45, 7) is 7.46. The Balaban J connectivity index is 1.64. The zero-order chi connectivity index (χ0) is 20.9.